The lowest BCUT2D eigenvalue weighted by atomic mass is 10.2. The summed E-state index contributed by atoms with van der Waals surface area (Å²) in [6.45, 7) is 9.63. The number of rotatable bonds is 5. The number of aromatic nitrogens is 2. The molecule has 0 bridgehead atoms. The fraction of sp³-hybridized carbons (Fsp3) is 0.421. The summed E-state index contributed by atoms with van der Waals surface area (Å²) in [6, 6.07) is 9.47. The molecule has 2 heterocycles. The smallest absolute Gasteiger partial charge is 0.251 e. The van der Waals surface area contributed by atoms with Gasteiger partial charge < -0.3 is 20.9 Å². The lowest BCUT2D eigenvalue weighted by Gasteiger charge is -2.28. The third kappa shape index (κ3) is 4.70. The highest BCUT2D eigenvalue weighted by Gasteiger charge is 2.14. The van der Waals surface area contributed by atoms with Gasteiger partial charge in [0.05, 0.1) is 0 Å². The molecule has 1 aliphatic heterocycles. The molecule has 2 aromatic rings. The van der Waals surface area contributed by atoms with Gasteiger partial charge in [0.15, 0.2) is 0 Å². The zero-order valence-corrected chi connectivity index (χ0v) is 15.5. The quantitative estimate of drug-likeness (QED) is 0.763. The van der Waals surface area contributed by atoms with E-state index in [0.717, 1.165) is 43.4 Å². The Hall–Kier alpha value is -2.67. The van der Waals surface area contributed by atoms with E-state index in [1.807, 2.05) is 45.0 Å². The van der Waals surface area contributed by atoms with Gasteiger partial charge in [0.25, 0.3) is 5.91 Å². The molecule has 138 valence electrons. The Labute approximate surface area is 154 Å². The molecule has 3 N–H and O–H groups in total. The molecule has 0 atom stereocenters. The highest BCUT2D eigenvalue weighted by atomic mass is 16.1. The molecule has 1 amide bonds. The van der Waals surface area contributed by atoms with Crippen LogP contribution in [0, 0.1) is 6.92 Å². The second kappa shape index (κ2) is 8.14. The fourth-order valence-electron chi connectivity index (χ4n) is 2.88. The van der Waals surface area contributed by atoms with Crippen LogP contribution < -0.4 is 20.9 Å². The number of hydrogen-bond donors (Lipinski definition) is 3. The summed E-state index contributed by atoms with van der Waals surface area (Å²) in [7, 11) is 0. The third-order valence-electron chi connectivity index (χ3n) is 4.08. The van der Waals surface area contributed by atoms with Gasteiger partial charge in [0, 0.05) is 55.2 Å². The molecular weight excluding hydrogens is 328 g/mol. The molecule has 26 heavy (non-hydrogen) atoms. The predicted octanol–water partition coefficient (Wildman–Crippen LogP) is 2.08. The van der Waals surface area contributed by atoms with E-state index in [9.17, 15) is 4.79 Å². The second-order valence-electron chi connectivity index (χ2n) is 6.76. The minimum absolute atomic E-state index is 0.0877. The van der Waals surface area contributed by atoms with Crippen LogP contribution in [0.15, 0.2) is 30.3 Å². The van der Waals surface area contributed by atoms with Crippen LogP contribution in [0.5, 0.6) is 0 Å². The minimum Gasteiger partial charge on any atom is -0.354 e. The SMILES string of the molecule is Cc1cc(N2CCNCC2)nc(Nc2cccc(C(=O)NC(C)C)c2)n1. The third-order valence-corrected chi connectivity index (χ3v) is 4.08. The first kappa shape index (κ1) is 18.1. The molecule has 7 nitrogen and oxygen atoms in total. The molecule has 1 aliphatic rings. The van der Waals surface area contributed by atoms with Crippen molar-refractivity contribution in [2.24, 2.45) is 0 Å². The summed E-state index contributed by atoms with van der Waals surface area (Å²) in [6.07, 6.45) is 0. The van der Waals surface area contributed by atoms with Crippen molar-refractivity contribution in [3.63, 3.8) is 0 Å². The van der Waals surface area contributed by atoms with Gasteiger partial charge in [-0.1, -0.05) is 6.07 Å². The molecule has 0 saturated carbocycles. The second-order valence-corrected chi connectivity index (χ2v) is 6.76. The number of amides is 1. The Morgan fingerprint density at radius 3 is 2.69 bits per heavy atom. The number of hydrogen-bond acceptors (Lipinski definition) is 6. The van der Waals surface area contributed by atoms with Gasteiger partial charge in [-0.2, -0.15) is 4.98 Å². The van der Waals surface area contributed by atoms with Gasteiger partial charge in [-0.05, 0) is 39.0 Å². The topological polar surface area (TPSA) is 82.2 Å². The predicted molar refractivity (Wildman–Crippen MR) is 104 cm³/mol. The zero-order valence-electron chi connectivity index (χ0n) is 15.5. The summed E-state index contributed by atoms with van der Waals surface area (Å²) < 4.78 is 0. The first-order chi connectivity index (χ1) is 12.5. The largest absolute Gasteiger partial charge is 0.354 e. The van der Waals surface area contributed by atoms with Gasteiger partial charge in [-0.15, -0.1) is 0 Å². The molecule has 0 radical (unpaired) electrons. The number of piperazine rings is 1. The summed E-state index contributed by atoms with van der Waals surface area (Å²) in [5, 5.41) is 9.47. The summed E-state index contributed by atoms with van der Waals surface area (Å²) in [5.41, 5.74) is 2.31. The summed E-state index contributed by atoms with van der Waals surface area (Å²) in [5.74, 6) is 1.38. The Balaban J connectivity index is 1.78. The average Bonchev–Trinajstić information content (AvgIpc) is 2.61. The molecular formula is C19H26N6O. The Bertz CT molecular complexity index is 770. The maximum absolute atomic E-state index is 12.2. The maximum atomic E-state index is 12.2. The Morgan fingerprint density at radius 2 is 1.96 bits per heavy atom. The number of benzene rings is 1. The van der Waals surface area contributed by atoms with Crippen LogP contribution in [0.2, 0.25) is 0 Å². The van der Waals surface area contributed by atoms with Gasteiger partial charge in [0.1, 0.15) is 5.82 Å². The normalized spacial score (nSPS) is 14.4. The van der Waals surface area contributed by atoms with Crippen LogP contribution in [-0.2, 0) is 0 Å². The summed E-state index contributed by atoms with van der Waals surface area (Å²) in [4.78, 5) is 23.6. The molecule has 0 unspecified atom stereocenters. The molecule has 0 aliphatic carbocycles. The molecule has 0 spiro atoms. The highest BCUT2D eigenvalue weighted by molar-refractivity contribution is 5.95. The molecule has 1 saturated heterocycles. The summed E-state index contributed by atoms with van der Waals surface area (Å²) >= 11 is 0. The average molecular weight is 354 g/mol. The van der Waals surface area contributed by atoms with Crippen LogP contribution in [0.3, 0.4) is 0 Å². The zero-order chi connectivity index (χ0) is 18.5. The van der Waals surface area contributed by atoms with E-state index in [2.05, 4.69) is 30.8 Å². The van der Waals surface area contributed by atoms with E-state index in [-0.39, 0.29) is 11.9 Å². The molecule has 1 aromatic heterocycles. The highest BCUT2D eigenvalue weighted by Crippen LogP contribution is 2.19. The maximum Gasteiger partial charge on any atom is 0.251 e. The van der Waals surface area contributed by atoms with Crippen LogP contribution in [0.1, 0.15) is 29.9 Å². The monoisotopic (exact) mass is 354 g/mol. The van der Waals surface area contributed by atoms with Gasteiger partial charge in [0.2, 0.25) is 5.95 Å². The van der Waals surface area contributed by atoms with E-state index in [4.69, 9.17) is 0 Å². The van der Waals surface area contributed by atoms with Crippen LogP contribution >= 0.6 is 0 Å². The van der Waals surface area contributed by atoms with E-state index >= 15 is 0 Å². The van der Waals surface area contributed by atoms with Gasteiger partial charge >= 0.3 is 0 Å². The van der Waals surface area contributed by atoms with E-state index in [1.165, 1.54) is 0 Å². The number of nitrogens with one attached hydrogen (secondary N) is 3. The number of carbonyl (C=O) groups is 1. The van der Waals surface area contributed by atoms with Crippen molar-refractivity contribution in [1.29, 1.82) is 0 Å². The first-order valence-corrected chi connectivity index (χ1v) is 9.00. The number of nitrogens with zero attached hydrogens (tertiary/aromatic N) is 3. The molecule has 1 fully saturated rings. The van der Waals surface area contributed by atoms with E-state index in [0.29, 0.717) is 11.5 Å². The minimum atomic E-state index is -0.0877. The lowest BCUT2D eigenvalue weighted by molar-refractivity contribution is 0.0943. The Morgan fingerprint density at radius 1 is 1.19 bits per heavy atom. The first-order valence-electron chi connectivity index (χ1n) is 9.00. The van der Waals surface area contributed by atoms with Crippen LogP contribution in [0.4, 0.5) is 17.5 Å². The number of aryl methyl sites for hydroxylation is 1. The van der Waals surface area contributed by atoms with Gasteiger partial charge in [-0.3, -0.25) is 4.79 Å². The lowest BCUT2D eigenvalue weighted by Crippen LogP contribution is -2.44. The van der Waals surface area contributed by atoms with Crippen molar-refractivity contribution in [1.82, 2.24) is 20.6 Å². The standard InChI is InChI=1S/C19H26N6O/c1-13(2)21-18(26)15-5-4-6-16(12-15)23-19-22-14(3)11-17(24-19)25-9-7-20-8-10-25/h4-6,11-13,20H,7-10H2,1-3H3,(H,21,26)(H,22,23,24). The van der Waals surface area contributed by atoms with Gasteiger partial charge in [-0.25, -0.2) is 4.98 Å². The van der Waals surface area contributed by atoms with Crippen molar-refractivity contribution in [2.45, 2.75) is 26.8 Å². The van der Waals surface area contributed by atoms with Crippen LogP contribution in [-0.4, -0.2) is 48.1 Å². The van der Waals surface area contributed by atoms with Crippen LogP contribution in [0.25, 0.3) is 0 Å². The van der Waals surface area contributed by atoms with E-state index in [1.54, 1.807) is 6.07 Å². The molecule has 1 aromatic carbocycles. The number of carbonyl (C=O) groups excluding carboxylic acids is 1. The fourth-order valence-corrected chi connectivity index (χ4v) is 2.88. The van der Waals surface area contributed by atoms with Crippen molar-refractivity contribution >= 4 is 23.4 Å². The van der Waals surface area contributed by atoms with Crippen molar-refractivity contribution in [3.8, 4) is 0 Å². The molecule has 3 rings (SSSR count). The van der Waals surface area contributed by atoms with Crippen molar-refractivity contribution in [3.05, 3.63) is 41.6 Å². The van der Waals surface area contributed by atoms with Crippen molar-refractivity contribution in [2.75, 3.05) is 36.4 Å². The Kier molecular flexibility index (Phi) is 5.68. The molecule has 7 heteroatoms. The number of anilines is 3. The van der Waals surface area contributed by atoms with E-state index < -0.39 is 0 Å². The van der Waals surface area contributed by atoms with Crippen molar-refractivity contribution < 1.29 is 4.79 Å².